The fourth-order valence-electron chi connectivity index (χ4n) is 2.95. The molecule has 1 aliphatic heterocycles. The Balaban J connectivity index is 1.84. The second kappa shape index (κ2) is 7.66. The van der Waals surface area contributed by atoms with Gasteiger partial charge in [0, 0.05) is 48.9 Å². The molecule has 0 unspecified atom stereocenters. The van der Waals surface area contributed by atoms with Crippen LogP contribution in [0.25, 0.3) is 0 Å². The third kappa shape index (κ3) is 3.98. The molecule has 0 aromatic heterocycles. The van der Waals surface area contributed by atoms with Crippen molar-refractivity contribution in [1.29, 1.82) is 0 Å². The Labute approximate surface area is 152 Å². The van der Waals surface area contributed by atoms with Crippen molar-refractivity contribution >= 4 is 29.0 Å². The number of carbonyl (C=O) groups excluding carboxylic acids is 1. The van der Waals surface area contributed by atoms with Crippen LogP contribution in [0, 0.1) is 0 Å². The van der Waals surface area contributed by atoms with Crippen molar-refractivity contribution < 1.29 is 4.79 Å². The Kier molecular flexibility index (Phi) is 5.57. The van der Waals surface area contributed by atoms with E-state index >= 15 is 0 Å². The molecule has 5 heteroatoms. The lowest BCUT2D eigenvalue weighted by molar-refractivity contribution is 0.103. The van der Waals surface area contributed by atoms with Crippen LogP contribution in [0.2, 0.25) is 10.0 Å². The molecule has 2 aromatic carbocycles. The Morgan fingerprint density at radius 2 is 1.71 bits per heavy atom. The normalized spacial score (nSPS) is 16.3. The van der Waals surface area contributed by atoms with E-state index in [-0.39, 0.29) is 5.78 Å². The Morgan fingerprint density at radius 1 is 1.00 bits per heavy atom. The summed E-state index contributed by atoms with van der Waals surface area (Å²) in [6.45, 7) is 4.92. The van der Waals surface area contributed by atoms with E-state index in [1.165, 1.54) is 0 Å². The second-order valence-corrected chi connectivity index (χ2v) is 7.03. The molecule has 3 nitrogen and oxygen atoms in total. The van der Waals surface area contributed by atoms with E-state index in [0.29, 0.717) is 21.2 Å². The van der Waals surface area contributed by atoms with Crippen LogP contribution in [0.3, 0.4) is 0 Å². The van der Waals surface area contributed by atoms with E-state index in [0.717, 1.165) is 38.3 Å². The van der Waals surface area contributed by atoms with Gasteiger partial charge in [0.1, 0.15) is 0 Å². The minimum absolute atomic E-state index is 0.0543. The number of benzene rings is 2. The van der Waals surface area contributed by atoms with Gasteiger partial charge >= 0.3 is 0 Å². The number of hydrogen-bond donors (Lipinski definition) is 0. The molecule has 1 fully saturated rings. The molecule has 1 saturated heterocycles. The van der Waals surface area contributed by atoms with Gasteiger partial charge in [0.15, 0.2) is 5.78 Å². The largest absolute Gasteiger partial charge is 0.304 e. The summed E-state index contributed by atoms with van der Waals surface area (Å²) in [6.07, 6.45) is 0. The molecule has 126 valence electrons. The molecular formula is C19H20Cl2N2O. The third-order valence-corrected chi connectivity index (χ3v) is 4.98. The van der Waals surface area contributed by atoms with Gasteiger partial charge in [-0.3, -0.25) is 9.69 Å². The topological polar surface area (TPSA) is 23.6 Å². The molecule has 0 saturated carbocycles. The van der Waals surface area contributed by atoms with Crippen molar-refractivity contribution in [2.75, 3.05) is 33.2 Å². The van der Waals surface area contributed by atoms with Crippen LogP contribution in [0.15, 0.2) is 42.5 Å². The van der Waals surface area contributed by atoms with Crippen molar-refractivity contribution in [3.63, 3.8) is 0 Å². The van der Waals surface area contributed by atoms with Crippen LogP contribution in [0.4, 0.5) is 0 Å². The fraction of sp³-hybridized carbons (Fsp3) is 0.316. The summed E-state index contributed by atoms with van der Waals surface area (Å²) >= 11 is 12.1. The maximum absolute atomic E-state index is 12.9. The first-order valence-electron chi connectivity index (χ1n) is 8.03. The highest BCUT2D eigenvalue weighted by Gasteiger charge is 2.19. The minimum atomic E-state index is -0.0543. The quantitative estimate of drug-likeness (QED) is 0.768. The predicted octanol–water partition coefficient (Wildman–Crippen LogP) is 3.97. The molecule has 24 heavy (non-hydrogen) atoms. The third-order valence-electron chi connectivity index (χ3n) is 4.43. The molecule has 1 heterocycles. The highest BCUT2D eigenvalue weighted by atomic mass is 35.5. The standard InChI is InChI=1S/C19H20Cl2N2O/c1-22-8-10-23(11-9-22)13-14-4-2-3-5-16(14)19(24)17-7-6-15(20)12-18(17)21/h2-7,12H,8-11,13H2,1H3. The van der Waals surface area contributed by atoms with Crippen molar-refractivity contribution in [2.45, 2.75) is 6.54 Å². The molecule has 0 amide bonds. The smallest absolute Gasteiger partial charge is 0.194 e. The average Bonchev–Trinajstić information content (AvgIpc) is 2.57. The molecule has 0 radical (unpaired) electrons. The number of carbonyl (C=O) groups is 1. The Morgan fingerprint density at radius 3 is 2.42 bits per heavy atom. The molecule has 0 bridgehead atoms. The number of hydrogen-bond acceptors (Lipinski definition) is 3. The van der Waals surface area contributed by atoms with E-state index in [4.69, 9.17) is 23.2 Å². The van der Waals surface area contributed by atoms with Gasteiger partial charge in [0.05, 0.1) is 5.02 Å². The first-order valence-corrected chi connectivity index (χ1v) is 8.79. The van der Waals surface area contributed by atoms with Crippen LogP contribution in [0.5, 0.6) is 0 Å². The van der Waals surface area contributed by atoms with Gasteiger partial charge in [-0.2, -0.15) is 0 Å². The van der Waals surface area contributed by atoms with Gasteiger partial charge in [-0.15, -0.1) is 0 Å². The van der Waals surface area contributed by atoms with E-state index in [9.17, 15) is 4.79 Å². The van der Waals surface area contributed by atoms with Crippen LogP contribution in [-0.4, -0.2) is 48.8 Å². The lowest BCUT2D eigenvalue weighted by atomic mass is 9.98. The molecule has 2 aromatic rings. The summed E-state index contributed by atoms with van der Waals surface area (Å²) in [5.41, 5.74) is 2.24. The molecule has 1 aliphatic rings. The first-order chi connectivity index (χ1) is 11.5. The zero-order valence-corrected chi connectivity index (χ0v) is 15.1. The van der Waals surface area contributed by atoms with Gasteiger partial charge in [-0.25, -0.2) is 0 Å². The summed E-state index contributed by atoms with van der Waals surface area (Å²) in [5, 5.41) is 0.921. The summed E-state index contributed by atoms with van der Waals surface area (Å²) < 4.78 is 0. The second-order valence-electron chi connectivity index (χ2n) is 6.19. The van der Waals surface area contributed by atoms with Gasteiger partial charge in [-0.1, -0.05) is 47.5 Å². The molecule has 0 atom stereocenters. The van der Waals surface area contributed by atoms with Crippen molar-refractivity contribution in [3.8, 4) is 0 Å². The maximum atomic E-state index is 12.9. The zero-order valence-electron chi connectivity index (χ0n) is 13.6. The van der Waals surface area contributed by atoms with Crippen molar-refractivity contribution in [1.82, 2.24) is 9.80 Å². The van der Waals surface area contributed by atoms with E-state index in [1.54, 1.807) is 18.2 Å². The monoisotopic (exact) mass is 362 g/mol. The van der Waals surface area contributed by atoms with Crippen LogP contribution in [0.1, 0.15) is 21.5 Å². The van der Waals surface area contributed by atoms with Gasteiger partial charge in [0.25, 0.3) is 0 Å². The molecule has 0 spiro atoms. The number of ketones is 1. The Hall–Kier alpha value is -1.39. The number of rotatable bonds is 4. The number of nitrogens with zero attached hydrogens (tertiary/aromatic N) is 2. The van der Waals surface area contributed by atoms with Gasteiger partial charge in [-0.05, 0) is 30.8 Å². The van der Waals surface area contributed by atoms with E-state index in [2.05, 4.69) is 16.8 Å². The van der Waals surface area contributed by atoms with Gasteiger partial charge in [0.2, 0.25) is 0 Å². The Bertz CT molecular complexity index is 740. The zero-order chi connectivity index (χ0) is 17.1. The van der Waals surface area contributed by atoms with Crippen molar-refractivity contribution in [3.05, 3.63) is 69.2 Å². The molecular weight excluding hydrogens is 343 g/mol. The summed E-state index contributed by atoms with van der Waals surface area (Å²) in [4.78, 5) is 17.6. The van der Waals surface area contributed by atoms with Crippen LogP contribution >= 0.6 is 23.2 Å². The molecule has 0 N–H and O–H groups in total. The lowest BCUT2D eigenvalue weighted by Crippen LogP contribution is -2.44. The predicted molar refractivity (Wildman–Crippen MR) is 99.1 cm³/mol. The van der Waals surface area contributed by atoms with Gasteiger partial charge < -0.3 is 4.90 Å². The average molecular weight is 363 g/mol. The van der Waals surface area contributed by atoms with E-state index in [1.807, 2.05) is 24.3 Å². The summed E-state index contributed by atoms with van der Waals surface area (Å²) in [7, 11) is 2.14. The minimum Gasteiger partial charge on any atom is -0.304 e. The highest BCUT2D eigenvalue weighted by Crippen LogP contribution is 2.25. The van der Waals surface area contributed by atoms with Crippen molar-refractivity contribution in [2.24, 2.45) is 0 Å². The fourth-order valence-corrected chi connectivity index (χ4v) is 3.44. The maximum Gasteiger partial charge on any atom is 0.194 e. The number of halogens is 2. The number of likely N-dealkylation sites (N-methyl/N-ethyl adjacent to an activating group) is 1. The lowest BCUT2D eigenvalue weighted by Gasteiger charge is -2.32. The molecule has 0 aliphatic carbocycles. The summed E-state index contributed by atoms with van der Waals surface area (Å²) in [5.74, 6) is -0.0543. The van der Waals surface area contributed by atoms with Crippen LogP contribution in [-0.2, 0) is 6.54 Å². The molecule has 3 rings (SSSR count). The summed E-state index contributed by atoms with van der Waals surface area (Å²) in [6, 6.07) is 12.8. The highest BCUT2D eigenvalue weighted by molar-refractivity contribution is 6.37. The number of piperazine rings is 1. The first kappa shape index (κ1) is 17.4. The van der Waals surface area contributed by atoms with Crippen LogP contribution < -0.4 is 0 Å². The SMILES string of the molecule is CN1CCN(Cc2ccccc2C(=O)c2ccc(Cl)cc2Cl)CC1. The van der Waals surface area contributed by atoms with E-state index < -0.39 is 0 Å².